The molecule has 0 bridgehead atoms. The van der Waals surface area contributed by atoms with Crippen molar-refractivity contribution in [2.75, 3.05) is 5.32 Å². The Balaban J connectivity index is 1.92. The van der Waals surface area contributed by atoms with Gasteiger partial charge in [-0.25, -0.2) is 0 Å². The molecular formula is C25H17ClN4O2. The molecule has 156 valence electrons. The molecule has 0 unspecified atom stereocenters. The number of nitriles is 1. The van der Waals surface area contributed by atoms with Gasteiger partial charge in [0, 0.05) is 16.1 Å². The predicted molar refractivity (Wildman–Crippen MR) is 124 cm³/mol. The van der Waals surface area contributed by atoms with Gasteiger partial charge in [-0.15, -0.1) is 0 Å². The normalized spacial score (nSPS) is 10.4. The summed E-state index contributed by atoms with van der Waals surface area (Å²) in [6.45, 7) is 1.94. The monoisotopic (exact) mass is 440 g/mol. The number of rotatable bonds is 4. The van der Waals surface area contributed by atoms with Crippen molar-refractivity contribution in [1.29, 1.82) is 5.26 Å². The molecule has 0 aliphatic heterocycles. The molecule has 6 nitrogen and oxygen atoms in total. The van der Waals surface area contributed by atoms with E-state index in [1.54, 1.807) is 48.5 Å². The summed E-state index contributed by atoms with van der Waals surface area (Å²) in [5.41, 5.74) is 2.07. The van der Waals surface area contributed by atoms with Crippen LogP contribution in [0.5, 0.6) is 0 Å². The van der Waals surface area contributed by atoms with Crippen LogP contribution in [0.2, 0.25) is 5.02 Å². The molecule has 0 aliphatic carbocycles. The van der Waals surface area contributed by atoms with E-state index in [2.05, 4.69) is 10.4 Å². The lowest BCUT2D eigenvalue weighted by molar-refractivity contribution is 0.102. The van der Waals surface area contributed by atoms with Crippen LogP contribution >= 0.6 is 11.6 Å². The molecule has 0 saturated heterocycles. The quantitative estimate of drug-likeness (QED) is 0.484. The van der Waals surface area contributed by atoms with Gasteiger partial charge in [0.25, 0.3) is 11.5 Å². The van der Waals surface area contributed by atoms with Crippen LogP contribution < -0.4 is 10.9 Å². The number of aromatic nitrogens is 2. The van der Waals surface area contributed by atoms with Crippen molar-refractivity contribution < 1.29 is 4.79 Å². The van der Waals surface area contributed by atoms with E-state index in [-0.39, 0.29) is 11.3 Å². The summed E-state index contributed by atoms with van der Waals surface area (Å²) >= 11 is 5.91. The Morgan fingerprint density at radius 3 is 2.28 bits per heavy atom. The largest absolute Gasteiger partial charge is 0.319 e. The standard InChI is InChI=1S/C25H17ClN4O2/c1-16-7-13-20(14-8-16)30-25(32)21(15-27)23(22(29-30)17-5-3-2-4-6-17)28-24(31)18-9-11-19(26)12-10-18/h2-14H,1H3,(H,28,31). The number of carbonyl (C=O) groups is 1. The van der Waals surface area contributed by atoms with Crippen molar-refractivity contribution in [3.05, 3.63) is 111 Å². The lowest BCUT2D eigenvalue weighted by Crippen LogP contribution is -2.27. The van der Waals surface area contributed by atoms with Crippen molar-refractivity contribution in [3.8, 4) is 23.0 Å². The highest BCUT2D eigenvalue weighted by molar-refractivity contribution is 6.30. The van der Waals surface area contributed by atoms with E-state index in [4.69, 9.17) is 11.6 Å². The van der Waals surface area contributed by atoms with Gasteiger partial charge in [0.05, 0.1) is 11.4 Å². The number of halogens is 1. The van der Waals surface area contributed by atoms with Crippen molar-refractivity contribution >= 4 is 23.2 Å². The number of hydrogen-bond acceptors (Lipinski definition) is 4. The number of nitrogens with one attached hydrogen (secondary N) is 1. The van der Waals surface area contributed by atoms with Crippen molar-refractivity contribution in [1.82, 2.24) is 9.78 Å². The first-order chi connectivity index (χ1) is 15.5. The lowest BCUT2D eigenvalue weighted by atomic mass is 10.1. The van der Waals surface area contributed by atoms with E-state index >= 15 is 0 Å². The molecule has 0 aliphatic rings. The number of aryl methyl sites for hydroxylation is 1. The SMILES string of the molecule is Cc1ccc(-n2nc(-c3ccccc3)c(NC(=O)c3ccc(Cl)cc3)c(C#N)c2=O)cc1. The van der Waals surface area contributed by atoms with E-state index in [9.17, 15) is 14.9 Å². The maximum absolute atomic E-state index is 13.2. The van der Waals surface area contributed by atoms with Crippen LogP contribution in [0, 0.1) is 18.3 Å². The predicted octanol–water partition coefficient (Wildman–Crippen LogP) is 4.99. The Hall–Kier alpha value is -4.21. The van der Waals surface area contributed by atoms with Crippen LogP contribution in [-0.2, 0) is 0 Å². The van der Waals surface area contributed by atoms with Gasteiger partial charge in [0.1, 0.15) is 17.3 Å². The van der Waals surface area contributed by atoms with Crippen LogP contribution in [0.3, 0.4) is 0 Å². The zero-order valence-corrected chi connectivity index (χ0v) is 17.8. The molecule has 32 heavy (non-hydrogen) atoms. The minimum absolute atomic E-state index is 0.0620. The summed E-state index contributed by atoms with van der Waals surface area (Å²) in [6, 6.07) is 24.5. The molecule has 0 saturated carbocycles. The van der Waals surface area contributed by atoms with Crippen molar-refractivity contribution in [2.24, 2.45) is 0 Å². The van der Waals surface area contributed by atoms with Crippen LogP contribution in [0.15, 0.2) is 83.7 Å². The summed E-state index contributed by atoms with van der Waals surface area (Å²) in [6.07, 6.45) is 0. The van der Waals surface area contributed by atoms with Crippen molar-refractivity contribution in [2.45, 2.75) is 6.92 Å². The molecule has 0 atom stereocenters. The first-order valence-electron chi connectivity index (χ1n) is 9.75. The van der Waals surface area contributed by atoms with E-state index < -0.39 is 11.5 Å². The second kappa shape index (κ2) is 8.88. The molecular weight excluding hydrogens is 424 g/mol. The topological polar surface area (TPSA) is 87.8 Å². The maximum Gasteiger partial charge on any atom is 0.291 e. The second-order valence-corrected chi connectivity index (χ2v) is 7.53. The van der Waals surface area contributed by atoms with Gasteiger partial charge in [0.15, 0.2) is 0 Å². The number of benzene rings is 3. The summed E-state index contributed by atoms with van der Waals surface area (Å²) in [4.78, 5) is 26.0. The number of hydrogen-bond donors (Lipinski definition) is 1. The third kappa shape index (κ3) is 4.15. The van der Waals surface area contributed by atoms with Gasteiger partial charge < -0.3 is 5.32 Å². The first kappa shape index (κ1) is 21.0. The van der Waals surface area contributed by atoms with Gasteiger partial charge in [-0.1, -0.05) is 59.6 Å². The maximum atomic E-state index is 13.2. The van der Waals surface area contributed by atoms with Crippen LogP contribution in [0.25, 0.3) is 16.9 Å². The van der Waals surface area contributed by atoms with Gasteiger partial charge in [0.2, 0.25) is 0 Å². The fourth-order valence-corrected chi connectivity index (χ4v) is 3.32. The fourth-order valence-electron chi connectivity index (χ4n) is 3.20. The average Bonchev–Trinajstić information content (AvgIpc) is 2.81. The summed E-state index contributed by atoms with van der Waals surface area (Å²) in [5, 5.41) is 17.6. The molecule has 4 aromatic rings. The Labute approximate surface area is 189 Å². The zero-order chi connectivity index (χ0) is 22.7. The lowest BCUT2D eigenvalue weighted by Gasteiger charge is -2.15. The Morgan fingerprint density at radius 1 is 1.00 bits per heavy atom. The molecule has 1 N–H and O–H groups in total. The van der Waals surface area contributed by atoms with Gasteiger partial charge in [-0.2, -0.15) is 15.0 Å². The minimum Gasteiger partial charge on any atom is -0.319 e. The highest BCUT2D eigenvalue weighted by atomic mass is 35.5. The van der Waals surface area contributed by atoms with Crippen LogP contribution in [-0.4, -0.2) is 15.7 Å². The van der Waals surface area contributed by atoms with E-state index in [0.29, 0.717) is 27.5 Å². The molecule has 1 amide bonds. The molecule has 0 radical (unpaired) electrons. The van der Waals surface area contributed by atoms with E-state index in [1.807, 2.05) is 43.3 Å². The third-order valence-electron chi connectivity index (χ3n) is 4.88. The number of nitrogens with zero attached hydrogens (tertiary/aromatic N) is 3. The third-order valence-corrected chi connectivity index (χ3v) is 5.13. The van der Waals surface area contributed by atoms with Gasteiger partial charge in [-0.05, 0) is 43.3 Å². The smallest absolute Gasteiger partial charge is 0.291 e. The number of anilines is 1. The summed E-state index contributed by atoms with van der Waals surface area (Å²) in [7, 11) is 0. The molecule has 1 heterocycles. The van der Waals surface area contributed by atoms with Gasteiger partial charge in [-0.3, -0.25) is 9.59 Å². The highest BCUT2D eigenvalue weighted by Gasteiger charge is 2.22. The average molecular weight is 441 g/mol. The van der Waals surface area contributed by atoms with Gasteiger partial charge >= 0.3 is 0 Å². The summed E-state index contributed by atoms with van der Waals surface area (Å²) < 4.78 is 1.18. The first-order valence-corrected chi connectivity index (χ1v) is 10.1. The van der Waals surface area contributed by atoms with Crippen molar-refractivity contribution in [3.63, 3.8) is 0 Å². The van der Waals surface area contributed by atoms with E-state index in [1.165, 1.54) is 4.68 Å². The Bertz CT molecular complexity index is 1390. The molecule has 3 aromatic carbocycles. The molecule has 7 heteroatoms. The fraction of sp³-hybridized carbons (Fsp3) is 0.0400. The highest BCUT2D eigenvalue weighted by Crippen LogP contribution is 2.28. The van der Waals surface area contributed by atoms with Crippen LogP contribution in [0.1, 0.15) is 21.5 Å². The van der Waals surface area contributed by atoms with Crippen LogP contribution in [0.4, 0.5) is 5.69 Å². The van der Waals surface area contributed by atoms with E-state index in [0.717, 1.165) is 5.56 Å². The zero-order valence-electron chi connectivity index (χ0n) is 17.0. The Kier molecular flexibility index (Phi) is 5.84. The molecule has 4 rings (SSSR count). The number of amides is 1. The Morgan fingerprint density at radius 2 is 1.66 bits per heavy atom. The summed E-state index contributed by atoms with van der Waals surface area (Å²) in [5.74, 6) is -0.482. The second-order valence-electron chi connectivity index (χ2n) is 7.09. The molecule has 1 aromatic heterocycles. The number of carbonyl (C=O) groups excluding carboxylic acids is 1. The minimum atomic E-state index is -0.623. The molecule has 0 fully saturated rings. The molecule has 0 spiro atoms.